The molecule has 0 atom stereocenters. The predicted octanol–water partition coefficient (Wildman–Crippen LogP) is 2.00. The van der Waals surface area contributed by atoms with Crippen LogP contribution < -0.4 is 4.72 Å². The van der Waals surface area contributed by atoms with Crippen LogP contribution in [0.5, 0.6) is 0 Å². The summed E-state index contributed by atoms with van der Waals surface area (Å²) in [7, 11) is -3.25. The molecule has 0 heterocycles. The van der Waals surface area contributed by atoms with Gasteiger partial charge in [-0.1, -0.05) is 45.6 Å². The fourth-order valence-electron chi connectivity index (χ4n) is 1.55. The zero-order valence-corrected chi connectivity index (χ0v) is 12.5. The summed E-state index contributed by atoms with van der Waals surface area (Å²) < 4.78 is 30.2. The van der Waals surface area contributed by atoms with Gasteiger partial charge < -0.3 is 4.74 Å². The molecule has 0 fully saturated rings. The number of rotatable bonds is 12. The first-order valence-corrected chi connectivity index (χ1v) is 8.43. The van der Waals surface area contributed by atoms with Crippen LogP contribution in [0.2, 0.25) is 0 Å². The Morgan fingerprint density at radius 2 is 1.84 bits per heavy atom. The van der Waals surface area contributed by atoms with Crippen molar-refractivity contribution in [3.63, 3.8) is 0 Å². The summed E-state index contributed by atoms with van der Waals surface area (Å²) in [5, 5.41) is 0. The van der Waals surface area contributed by atoms with E-state index in [2.05, 4.69) is 23.0 Å². The van der Waals surface area contributed by atoms with Crippen molar-refractivity contribution in [1.29, 1.82) is 0 Å². The van der Waals surface area contributed by atoms with E-state index in [-0.39, 0.29) is 18.9 Å². The minimum atomic E-state index is -3.25. The Balaban J connectivity index is 3.58. The van der Waals surface area contributed by atoms with Crippen molar-refractivity contribution in [2.45, 2.75) is 45.4 Å². The summed E-state index contributed by atoms with van der Waals surface area (Å²) in [6, 6.07) is 0. The first-order chi connectivity index (χ1) is 9.02. The van der Waals surface area contributed by atoms with Crippen LogP contribution >= 0.6 is 0 Å². The van der Waals surface area contributed by atoms with E-state index in [1.165, 1.54) is 19.3 Å². The number of hydrogen-bond acceptors (Lipinski definition) is 4. The van der Waals surface area contributed by atoms with E-state index in [0.717, 1.165) is 18.9 Å². The van der Waals surface area contributed by atoms with Crippen molar-refractivity contribution in [3.8, 4) is 0 Å². The molecule has 0 unspecified atom stereocenters. The summed E-state index contributed by atoms with van der Waals surface area (Å²) in [4.78, 5) is 10.7. The number of hydrogen-bond donors (Lipinski definition) is 1. The third-order valence-corrected chi connectivity index (χ3v) is 4.07. The summed E-state index contributed by atoms with van der Waals surface area (Å²) in [5.41, 5.74) is 0. The fourth-order valence-corrected chi connectivity index (χ4v) is 2.68. The molecule has 1 N–H and O–H groups in total. The SMILES string of the molecule is C=CC(=O)OCCNS(=O)(=O)CCCCCCCC. The van der Waals surface area contributed by atoms with Gasteiger partial charge in [-0.2, -0.15) is 0 Å². The Morgan fingerprint density at radius 3 is 2.47 bits per heavy atom. The summed E-state index contributed by atoms with van der Waals surface area (Å²) in [6.45, 7) is 5.53. The van der Waals surface area contributed by atoms with Gasteiger partial charge in [0.05, 0.1) is 5.75 Å². The van der Waals surface area contributed by atoms with Crippen molar-refractivity contribution in [2.75, 3.05) is 18.9 Å². The van der Waals surface area contributed by atoms with Gasteiger partial charge in [0.15, 0.2) is 0 Å². The molecule has 0 aliphatic carbocycles. The van der Waals surface area contributed by atoms with E-state index in [0.29, 0.717) is 6.42 Å². The molecule has 0 amide bonds. The van der Waals surface area contributed by atoms with E-state index in [4.69, 9.17) is 0 Å². The van der Waals surface area contributed by atoms with E-state index in [1.807, 2.05) is 0 Å². The van der Waals surface area contributed by atoms with Gasteiger partial charge in [-0.25, -0.2) is 17.9 Å². The van der Waals surface area contributed by atoms with Crippen molar-refractivity contribution >= 4 is 16.0 Å². The largest absolute Gasteiger partial charge is 0.461 e. The maximum atomic E-state index is 11.6. The molecule has 0 aliphatic heterocycles. The summed E-state index contributed by atoms with van der Waals surface area (Å²) in [5.74, 6) is -0.413. The normalized spacial score (nSPS) is 11.2. The molecule has 5 nitrogen and oxygen atoms in total. The molecule has 0 rings (SSSR count). The summed E-state index contributed by atoms with van der Waals surface area (Å²) in [6.07, 6.45) is 7.30. The van der Waals surface area contributed by atoms with Gasteiger partial charge in [0.1, 0.15) is 6.61 Å². The second kappa shape index (κ2) is 11.0. The topological polar surface area (TPSA) is 72.5 Å². The standard InChI is InChI=1S/C13H25NO4S/c1-3-5-6-7-8-9-12-19(16,17)14-10-11-18-13(15)4-2/h4,14H,2-3,5-12H2,1H3. The Morgan fingerprint density at radius 1 is 1.21 bits per heavy atom. The minimum Gasteiger partial charge on any atom is -0.461 e. The fraction of sp³-hybridized carbons (Fsp3) is 0.769. The van der Waals surface area contributed by atoms with E-state index >= 15 is 0 Å². The van der Waals surface area contributed by atoms with Gasteiger partial charge in [-0.05, 0) is 6.42 Å². The molecule has 0 aromatic rings. The van der Waals surface area contributed by atoms with Crippen LogP contribution in [0.4, 0.5) is 0 Å². The lowest BCUT2D eigenvalue weighted by Gasteiger charge is -2.06. The first-order valence-electron chi connectivity index (χ1n) is 6.78. The molecule has 0 saturated carbocycles. The zero-order chi connectivity index (χ0) is 14.6. The average Bonchev–Trinajstić information content (AvgIpc) is 2.38. The molecule has 0 aromatic heterocycles. The second-order valence-corrected chi connectivity index (χ2v) is 6.28. The lowest BCUT2D eigenvalue weighted by atomic mass is 10.1. The molecule has 0 spiro atoms. The van der Waals surface area contributed by atoms with Crippen molar-refractivity contribution in [3.05, 3.63) is 12.7 Å². The first kappa shape index (κ1) is 18.1. The van der Waals surface area contributed by atoms with Gasteiger partial charge in [-0.3, -0.25) is 0 Å². The maximum absolute atomic E-state index is 11.6. The third-order valence-electron chi connectivity index (χ3n) is 2.60. The van der Waals surface area contributed by atoms with Crippen LogP contribution in [-0.4, -0.2) is 33.3 Å². The van der Waals surface area contributed by atoms with Gasteiger partial charge in [0.25, 0.3) is 0 Å². The molecule has 112 valence electrons. The highest BCUT2D eigenvalue weighted by Gasteiger charge is 2.09. The maximum Gasteiger partial charge on any atom is 0.330 e. The molecule has 0 bridgehead atoms. The molecule has 0 aliphatic rings. The highest BCUT2D eigenvalue weighted by molar-refractivity contribution is 7.89. The number of ether oxygens (including phenoxy) is 1. The smallest absolute Gasteiger partial charge is 0.330 e. The molecule has 19 heavy (non-hydrogen) atoms. The second-order valence-electron chi connectivity index (χ2n) is 4.35. The quantitative estimate of drug-likeness (QED) is 0.339. The monoisotopic (exact) mass is 291 g/mol. The molecular formula is C13H25NO4S. The van der Waals surface area contributed by atoms with Gasteiger partial charge in [0, 0.05) is 12.6 Å². The third kappa shape index (κ3) is 11.9. The predicted molar refractivity (Wildman–Crippen MR) is 76.3 cm³/mol. The summed E-state index contributed by atoms with van der Waals surface area (Å²) >= 11 is 0. The molecular weight excluding hydrogens is 266 g/mol. The minimum absolute atomic E-state index is 0.0284. The van der Waals surface area contributed by atoms with Crippen molar-refractivity contribution in [1.82, 2.24) is 4.72 Å². The average molecular weight is 291 g/mol. The highest BCUT2D eigenvalue weighted by Crippen LogP contribution is 2.05. The van der Waals surface area contributed by atoms with Crippen LogP contribution in [0.25, 0.3) is 0 Å². The van der Waals surface area contributed by atoms with Gasteiger partial charge >= 0.3 is 5.97 Å². The number of sulfonamides is 1. The van der Waals surface area contributed by atoms with Crippen molar-refractivity contribution < 1.29 is 17.9 Å². The number of esters is 1. The number of unbranched alkanes of at least 4 members (excludes halogenated alkanes) is 5. The Labute approximate surface area is 116 Å². The van der Waals surface area contributed by atoms with Crippen LogP contribution in [0, 0.1) is 0 Å². The molecule has 0 aromatic carbocycles. The number of carbonyl (C=O) groups excluding carboxylic acids is 1. The molecule has 0 radical (unpaired) electrons. The Hall–Kier alpha value is -0.880. The molecule has 0 saturated heterocycles. The highest BCUT2D eigenvalue weighted by atomic mass is 32.2. The van der Waals surface area contributed by atoms with Crippen molar-refractivity contribution in [2.24, 2.45) is 0 Å². The molecule has 6 heteroatoms. The number of nitrogens with one attached hydrogen (secondary N) is 1. The Bertz CT molecular complexity index is 352. The lowest BCUT2D eigenvalue weighted by Crippen LogP contribution is -2.30. The van der Waals surface area contributed by atoms with Crippen LogP contribution in [0.1, 0.15) is 45.4 Å². The van der Waals surface area contributed by atoms with Gasteiger partial charge in [0.2, 0.25) is 10.0 Å². The van der Waals surface area contributed by atoms with E-state index < -0.39 is 16.0 Å². The van der Waals surface area contributed by atoms with Crippen LogP contribution in [0.15, 0.2) is 12.7 Å². The van der Waals surface area contributed by atoms with E-state index in [9.17, 15) is 13.2 Å². The zero-order valence-electron chi connectivity index (χ0n) is 11.7. The lowest BCUT2D eigenvalue weighted by molar-refractivity contribution is -0.137. The van der Waals surface area contributed by atoms with Gasteiger partial charge in [-0.15, -0.1) is 0 Å². The van der Waals surface area contributed by atoms with Crippen LogP contribution in [0.3, 0.4) is 0 Å². The number of carbonyl (C=O) groups is 1. The van der Waals surface area contributed by atoms with E-state index in [1.54, 1.807) is 0 Å². The van der Waals surface area contributed by atoms with Crippen LogP contribution in [-0.2, 0) is 19.6 Å². The Kier molecular flexibility index (Phi) is 10.5.